The number of carbonyl (C=O) groups excluding carboxylic acids is 1. The zero-order valence-electron chi connectivity index (χ0n) is 11.7. The molecule has 0 bridgehead atoms. The van der Waals surface area contributed by atoms with Gasteiger partial charge in [0.1, 0.15) is 17.4 Å². The summed E-state index contributed by atoms with van der Waals surface area (Å²) in [4.78, 5) is 12.0. The molecule has 0 aliphatic heterocycles. The van der Waals surface area contributed by atoms with Crippen LogP contribution in [0.5, 0.6) is 0 Å². The average Bonchev–Trinajstić information content (AvgIpc) is 2.61. The van der Waals surface area contributed by atoms with Crippen LogP contribution in [0.25, 0.3) is 0 Å². The molecular formula is C15H16F2N2O. The van der Waals surface area contributed by atoms with E-state index in [1.54, 1.807) is 4.68 Å². The third-order valence-corrected chi connectivity index (χ3v) is 3.43. The fourth-order valence-corrected chi connectivity index (χ4v) is 2.22. The zero-order valence-corrected chi connectivity index (χ0v) is 11.7. The first kappa shape index (κ1) is 14.4. The number of aromatic nitrogens is 2. The SMILES string of the molecule is Cc1nn(C)c(C)c1CC(=O)Cc1cc(F)ccc1F. The van der Waals surface area contributed by atoms with Crippen molar-refractivity contribution < 1.29 is 13.6 Å². The molecule has 5 heteroatoms. The molecule has 0 radical (unpaired) electrons. The van der Waals surface area contributed by atoms with Crippen LogP contribution in [0.3, 0.4) is 0 Å². The van der Waals surface area contributed by atoms with E-state index in [9.17, 15) is 13.6 Å². The van der Waals surface area contributed by atoms with Crippen LogP contribution in [-0.4, -0.2) is 15.6 Å². The Morgan fingerprint density at radius 2 is 1.95 bits per heavy atom. The van der Waals surface area contributed by atoms with E-state index in [0.29, 0.717) is 0 Å². The van der Waals surface area contributed by atoms with Crippen LogP contribution in [0.1, 0.15) is 22.5 Å². The van der Waals surface area contributed by atoms with Crippen molar-refractivity contribution in [1.82, 2.24) is 9.78 Å². The van der Waals surface area contributed by atoms with Crippen molar-refractivity contribution in [2.24, 2.45) is 7.05 Å². The van der Waals surface area contributed by atoms with Crippen molar-refractivity contribution in [3.8, 4) is 0 Å². The van der Waals surface area contributed by atoms with Gasteiger partial charge >= 0.3 is 0 Å². The number of hydrogen-bond acceptors (Lipinski definition) is 2. The van der Waals surface area contributed by atoms with Crippen molar-refractivity contribution in [3.05, 3.63) is 52.3 Å². The number of Topliss-reactive ketones (excluding diaryl/α,β-unsaturated/α-hetero) is 1. The first-order chi connectivity index (χ1) is 9.38. The molecule has 106 valence electrons. The van der Waals surface area contributed by atoms with Crippen LogP contribution in [0.4, 0.5) is 8.78 Å². The zero-order chi connectivity index (χ0) is 14.9. The lowest BCUT2D eigenvalue weighted by Crippen LogP contribution is -2.09. The van der Waals surface area contributed by atoms with E-state index in [-0.39, 0.29) is 24.2 Å². The highest BCUT2D eigenvalue weighted by Gasteiger charge is 2.15. The minimum atomic E-state index is -0.556. The maximum absolute atomic E-state index is 13.5. The summed E-state index contributed by atoms with van der Waals surface area (Å²) in [6.07, 6.45) is 0.0683. The fraction of sp³-hybridized carbons (Fsp3) is 0.333. The summed E-state index contributed by atoms with van der Waals surface area (Å²) in [7, 11) is 1.81. The molecule has 0 aliphatic rings. The molecule has 0 aliphatic carbocycles. The Kier molecular flexibility index (Phi) is 3.97. The number of rotatable bonds is 4. The average molecular weight is 278 g/mol. The van der Waals surface area contributed by atoms with Gasteiger partial charge in [-0.1, -0.05) is 0 Å². The van der Waals surface area contributed by atoms with Gasteiger partial charge in [0.05, 0.1) is 5.69 Å². The van der Waals surface area contributed by atoms with E-state index in [1.807, 2.05) is 20.9 Å². The standard InChI is InChI=1S/C15H16F2N2O/c1-9-14(10(2)19(3)18-9)8-13(20)7-11-6-12(16)4-5-15(11)17/h4-6H,7-8H2,1-3H3. The number of ketones is 1. The number of carbonyl (C=O) groups is 1. The van der Waals surface area contributed by atoms with Crippen LogP contribution in [0.2, 0.25) is 0 Å². The van der Waals surface area contributed by atoms with E-state index >= 15 is 0 Å². The maximum atomic E-state index is 13.5. The van der Waals surface area contributed by atoms with Crippen molar-refractivity contribution in [1.29, 1.82) is 0 Å². The lowest BCUT2D eigenvalue weighted by molar-refractivity contribution is -0.117. The molecule has 0 spiro atoms. The maximum Gasteiger partial charge on any atom is 0.141 e. The first-order valence-corrected chi connectivity index (χ1v) is 6.33. The van der Waals surface area contributed by atoms with E-state index in [0.717, 1.165) is 35.2 Å². The molecule has 20 heavy (non-hydrogen) atoms. The topological polar surface area (TPSA) is 34.9 Å². The Labute approximate surface area is 116 Å². The second-order valence-corrected chi connectivity index (χ2v) is 4.90. The van der Waals surface area contributed by atoms with Crippen molar-refractivity contribution in [2.45, 2.75) is 26.7 Å². The summed E-state index contributed by atoms with van der Waals surface area (Å²) in [5.74, 6) is -1.25. The van der Waals surface area contributed by atoms with Gasteiger partial charge in [-0.3, -0.25) is 9.48 Å². The predicted molar refractivity (Wildman–Crippen MR) is 71.5 cm³/mol. The Hall–Kier alpha value is -2.04. The predicted octanol–water partition coefficient (Wildman–Crippen LogP) is 2.67. The quantitative estimate of drug-likeness (QED) is 0.861. The summed E-state index contributed by atoms with van der Waals surface area (Å²) in [5, 5.41) is 4.23. The number of hydrogen-bond donors (Lipinski definition) is 0. The Balaban J connectivity index is 2.15. The molecular weight excluding hydrogens is 262 g/mol. The molecule has 3 nitrogen and oxygen atoms in total. The van der Waals surface area contributed by atoms with Gasteiger partial charge in [-0.05, 0) is 37.6 Å². The van der Waals surface area contributed by atoms with Crippen LogP contribution < -0.4 is 0 Å². The van der Waals surface area contributed by atoms with Gasteiger partial charge in [-0.2, -0.15) is 5.10 Å². The minimum absolute atomic E-state index is 0.0918. The molecule has 2 aromatic rings. The molecule has 0 unspecified atom stereocenters. The smallest absolute Gasteiger partial charge is 0.141 e. The summed E-state index contributed by atoms with van der Waals surface area (Å²) in [6.45, 7) is 3.71. The van der Waals surface area contributed by atoms with Gasteiger partial charge < -0.3 is 0 Å². The molecule has 0 amide bonds. The monoisotopic (exact) mass is 278 g/mol. The number of benzene rings is 1. The second kappa shape index (κ2) is 5.53. The van der Waals surface area contributed by atoms with Gasteiger partial charge in [0.15, 0.2) is 0 Å². The van der Waals surface area contributed by atoms with Gasteiger partial charge in [-0.15, -0.1) is 0 Å². The largest absolute Gasteiger partial charge is 0.299 e. The summed E-state index contributed by atoms with van der Waals surface area (Å²) in [5.41, 5.74) is 2.65. The number of nitrogens with zero attached hydrogens (tertiary/aromatic N) is 2. The third-order valence-electron chi connectivity index (χ3n) is 3.43. The van der Waals surface area contributed by atoms with Crippen molar-refractivity contribution in [3.63, 3.8) is 0 Å². The van der Waals surface area contributed by atoms with E-state index in [2.05, 4.69) is 5.10 Å². The summed E-state index contributed by atoms with van der Waals surface area (Å²) >= 11 is 0. The minimum Gasteiger partial charge on any atom is -0.299 e. The van der Waals surface area contributed by atoms with Gasteiger partial charge in [0.2, 0.25) is 0 Å². The molecule has 0 N–H and O–H groups in total. The number of aryl methyl sites for hydroxylation is 2. The summed E-state index contributed by atoms with van der Waals surface area (Å²) < 4.78 is 28.3. The molecule has 1 aromatic carbocycles. The van der Waals surface area contributed by atoms with E-state index in [1.165, 1.54) is 0 Å². The Morgan fingerprint density at radius 1 is 1.25 bits per heavy atom. The van der Waals surface area contributed by atoms with Crippen LogP contribution in [0.15, 0.2) is 18.2 Å². The van der Waals surface area contributed by atoms with Gasteiger partial charge in [0, 0.05) is 31.1 Å². The number of halogens is 2. The molecule has 0 saturated carbocycles. The molecule has 1 aromatic heterocycles. The molecule has 1 heterocycles. The third kappa shape index (κ3) is 2.92. The second-order valence-electron chi connectivity index (χ2n) is 4.90. The first-order valence-electron chi connectivity index (χ1n) is 6.33. The van der Waals surface area contributed by atoms with E-state index in [4.69, 9.17) is 0 Å². The lowest BCUT2D eigenvalue weighted by atomic mass is 10.0. The Morgan fingerprint density at radius 3 is 2.55 bits per heavy atom. The highest BCUT2D eigenvalue weighted by molar-refractivity contribution is 5.83. The molecule has 2 rings (SSSR count). The van der Waals surface area contributed by atoms with Crippen molar-refractivity contribution >= 4 is 5.78 Å². The van der Waals surface area contributed by atoms with Gasteiger partial charge in [0.25, 0.3) is 0 Å². The molecule has 0 atom stereocenters. The van der Waals surface area contributed by atoms with Crippen LogP contribution in [0, 0.1) is 25.5 Å². The molecule has 0 saturated heterocycles. The normalized spacial score (nSPS) is 10.8. The highest BCUT2D eigenvalue weighted by Crippen LogP contribution is 2.16. The Bertz CT molecular complexity index is 662. The van der Waals surface area contributed by atoms with Crippen molar-refractivity contribution in [2.75, 3.05) is 0 Å². The van der Waals surface area contributed by atoms with Crippen LogP contribution >= 0.6 is 0 Å². The highest BCUT2D eigenvalue weighted by atomic mass is 19.1. The fourth-order valence-electron chi connectivity index (χ4n) is 2.22. The molecule has 0 fully saturated rings. The summed E-state index contributed by atoms with van der Waals surface area (Å²) in [6, 6.07) is 3.15. The van der Waals surface area contributed by atoms with Gasteiger partial charge in [-0.25, -0.2) is 8.78 Å². The van der Waals surface area contributed by atoms with Crippen LogP contribution in [-0.2, 0) is 24.7 Å². The van der Waals surface area contributed by atoms with E-state index < -0.39 is 11.6 Å². The lowest BCUT2D eigenvalue weighted by Gasteiger charge is -2.04.